The van der Waals surface area contributed by atoms with Crippen LogP contribution in [0.15, 0.2) is 36.0 Å². The molecule has 2 heterocycles. The molecular formula is C18H19N3O6. The maximum atomic E-state index is 12.6. The van der Waals surface area contributed by atoms with Gasteiger partial charge in [-0.15, -0.1) is 0 Å². The normalized spacial score (nSPS) is 19.2. The number of hydrogen-bond acceptors (Lipinski definition) is 7. The summed E-state index contributed by atoms with van der Waals surface area (Å²) in [6, 6.07) is 5.69. The molecule has 0 aromatic heterocycles. The molecule has 27 heavy (non-hydrogen) atoms. The zero-order valence-corrected chi connectivity index (χ0v) is 14.9. The van der Waals surface area contributed by atoms with Gasteiger partial charge in [-0.05, 0) is 31.0 Å². The van der Waals surface area contributed by atoms with Gasteiger partial charge in [-0.1, -0.05) is 6.07 Å². The maximum absolute atomic E-state index is 12.6. The number of methoxy groups -OCH3 is 2. The summed E-state index contributed by atoms with van der Waals surface area (Å²) in [7, 11) is 2.37. The van der Waals surface area contributed by atoms with E-state index in [1.165, 1.54) is 14.2 Å². The van der Waals surface area contributed by atoms with Crippen molar-refractivity contribution in [3.8, 4) is 0 Å². The van der Waals surface area contributed by atoms with Crippen LogP contribution in [0.4, 0.5) is 16.2 Å². The minimum Gasteiger partial charge on any atom is -0.466 e. The van der Waals surface area contributed by atoms with E-state index < -0.39 is 18.0 Å². The molecule has 1 atom stereocenters. The number of nitrogens with zero attached hydrogens (tertiary/aromatic N) is 2. The van der Waals surface area contributed by atoms with Crippen molar-refractivity contribution < 1.29 is 28.7 Å². The zero-order chi connectivity index (χ0) is 19.6. The second-order valence-corrected chi connectivity index (χ2v) is 6.06. The van der Waals surface area contributed by atoms with Gasteiger partial charge in [-0.3, -0.25) is 4.79 Å². The lowest BCUT2D eigenvalue weighted by atomic mass is 10.2. The standard InChI is InChI=1S/C18H19N3O6/c1-26-15(22)10-13(17(24)27-2)19-11-5-3-6-12(9-11)21-16(23)14-7-4-8-20(14)18(21)25/h3,5-6,9-10,14,19H,4,7-8H2,1-2H3/b13-10+. The van der Waals surface area contributed by atoms with Gasteiger partial charge in [0.05, 0.1) is 26.0 Å². The fraction of sp³-hybridized carbons (Fsp3) is 0.333. The molecule has 0 spiro atoms. The van der Waals surface area contributed by atoms with Crippen molar-refractivity contribution in [2.45, 2.75) is 18.9 Å². The van der Waals surface area contributed by atoms with E-state index in [1.807, 2.05) is 0 Å². The van der Waals surface area contributed by atoms with Crippen LogP contribution in [0.1, 0.15) is 12.8 Å². The lowest BCUT2D eigenvalue weighted by Gasteiger charge is -2.17. The van der Waals surface area contributed by atoms with Crippen LogP contribution in [0.25, 0.3) is 0 Å². The van der Waals surface area contributed by atoms with Gasteiger partial charge in [0.2, 0.25) is 0 Å². The molecule has 142 valence electrons. The monoisotopic (exact) mass is 373 g/mol. The fourth-order valence-corrected chi connectivity index (χ4v) is 3.17. The fourth-order valence-electron chi connectivity index (χ4n) is 3.17. The lowest BCUT2D eigenvalue weighted by Crippen LogP contribution is -2.33. The summed E-state index contributed by atoms with van der Waals surface area (Å²) in [6.07, 6.45) is 2.44. The molecular weight excluding hydrogens is 354 g/mol. The summed E-state index contributed by atoms with van der Waals surface area (Å²) in [5.74, 6) is -1.75. The third-order valence-corrected chi connectivity index (χ3v) is 4.45. The number of esters is 2. The van der Waals surface area contributed by atoms with Crippen LogP contribution in [0.2, 0.25) is 0 Å². The van der Waals surface area contributed by atoms with Crippen LogP contribution in [-0.4, -0.2) is 55.6 Å². The Balaban J connectivity index is 1.86. The first kappa shape index (κ1) is 18.4. The summed E-state index contributed by atoms with van der Waals surface area (Å²) >= 11 is 0. The molecule has 0 aliphatic carbocycles. The number of nitrogens with one attached hydrogen (secondary N) is 1. The molecule has 0 radical (unpaired) electrons. The van der Waals surface area contributed by atoms with Gasteiger partial charge < -0.3 is 19.7 Å². The Kier molecular flexibility index (Phi) is 5.11. The Morgan fingerprint density at radius 3 is 2.67 bits per heavy atom. The van der Waals surface area contributed by atoms with Crippen molar-refractivity contribution in [1.29, 1.82) is 0 Å². The molecule has 1 aromatic carbocycles. The van der Waals surface area contributed by atoms with Crippen LogP contribution < -0.4 is 10.2 Å². The highest BCUT2D eigenvalue weighted by molar-refractivity contribution is 6.21. The Morgan fingerprint density at radius 1 is 1.22 bits per heavy atom. The SMILES string of the molecule is COC(=O)/C=C(/Nc1cccc(N2C(=O)C3CCCN3C2=O)c1)C(=O)OC. The van der Waals surface area contributed by atoms with Gasteiger partial charge in [0, 0.05) is 12.2 Å². The predicted molar refractivity (Wildman–Crippen MR) is 94.8 cm³/mol. The average Bonchev–Trinajstić information content (AvgIpc) is 3.24. The number of anilines is 2. The minimum atomic E-state index is -0.764. The van der Waals surface area contributed by atoms with E-state index in [-0.39, 0.29) is 17.6 Å². The second kappa shape index (κ2) is 7.48. The van der Waals surface area contributed by atoms with Crippen LogP contribution in [-0.2, 0) is 23.9 Å². The number of carbonyl (C=O) groups is 4. The molecule has 1 aromatic rings. The number of fused-ring (bicyclic) bond motifs is 1. The highest BCUT2D eigenvalue weighted by Gasteiger charge is 2.47. The maximum Gasteiger partial charge on any atom is 0.354 e. The van der Waals surface area contributed by atoms with Crippen molar-refractivity contribution >= 4 is 35.3 Å². The van der Waals surface area contributed by atoms with Gasteiger partial charge in [-0.2, -0.15) is 0 Å². The first-order valence-electron chi connectivity index (χ1n) is 8.36. The van der Waals surface area contributed by atoms with Crippen LogP contribution >= 0.6 is 0 Å². The highest BCUT2D eigenvalue weighted by Crippen LogP contribution is 2.32. The minimum absolute atomic E-state index is 0.138. The number of imide groups is 1. The molecule has 1 N–H and O–H groups in total. The number of benzene rings is 1. The van der Waals surface area contributed by atoms with Crippen LogP contribution in [0, 0.1) is 0 Å². The predicted octanol–water partition coefficient (Wildman–Crippen LogP) is 1.26. The molecule has 3 amide bonds. The number of carbonyl (C=O) groups excluding carboxylic acids is 4. The molecule has 1 unspecified atom stereocenters. The zero-order valence-electron chi connectivity index (χ0n) is 14.9. The summed E-state index contributed by atoms with van der Waals surface area (Å²) in [5, 5.41) is 2.76. The quantitative estimate of drug-likeness (QED) is 0.470. The molecule has 2 saturated heterocycles. The Morgan fingerprint density at radius 2 is 2.00 bits per heavy atom. The van der Waals surface area contributed by atoms with Crippen molar-refractivity contribution in [3.63, 3.8) is 0 Å². The van der Waals surface area contributed by atoms with Gasteiger partial charge >= 0.3 is 18.0 Å². The molecule has 0 saturated carbocycles. The number of hydrogen-bond donors (Lipinski definition) is 1. The summed E-state index contributed by atoms with van der Waals surface area (Å²) in [5.41, 5.74) is 0.647. The lowest BCUT2D eigenvalue weighted by molar-refractivity contribution is -0.138. The van der Waals surface area contributed by atoms with Crippen molar-refractivity contribution in [1.82, 2.24) is 4.90 Å². The first-order chi connectivity index (χ1) is 13.0. The molecule has 2 aliphatic rings. The van der Waals surface area contributed by atoms with E-state index in [0.29, 0.717) is 24.3 Å². The number of amides is 3. The van der Waals surface area contributed by atoms with Gasteiger partial charge in [-0.25, -0.2) is 19.3 Å². The third kappa shape index (κ3) is 3.48. The third-order valence-electron chi connectivity index (χ3n) is 4.45. The summed E-state index contributed by atoms with van der Waals surface area (Å²) in [6.45, 7) is 0.567. The molecule has 9 heteroatoms. The Hall–Kier alpha value is -3.36. The summed E-state index contributed by atoms with van der Waals surface area (Å²) in [4.78, 5) is 51.1. The van der Waals surface area contributed by atoms with Crippen molar-refractivity contribution in [3.05, 3.63) is 36.0 Å². The van der Waals surface area contributed by atoms with Crippen LogP contribution in [0.3, 0.4) is 0 Å². The van der Waals surface area contributed by atoms with Gasteiger partial charge in [0.25, 0.3) is 5.91 Å². The average molecular weight is 373 g/mol. The highest BCUT2D eigenvalue weighted by atomic mass is 16.5. The molecule has 0 bridgehead atoms. The van der Waals surface area contributed by atoms with E-state index in [9.17, 15) is 19.2 Å². The Labute approximate surface area is 155 Å². The molecule has 3 rings (SSSR count). The van der Waals surface area contributed by atoms with E-state index >= 15 is 0 Å². The number of rotatable bonds is 5. The molecule has 2 aliphatic heterocycles. The van der Waals surface area contributed by atoms with E-state index in [1.54, 1.807) is 29.2 Å². The van der Waals surface area contributed by atoms with Crippen molar-refractivity contribution in [2.75, 3.05) is 31.0 Å². The number of urea groups is 1. The topological polar surface area (TPSA) is 105 Å². The molecule has 2 fully saturated rings. The first-order valence-corrected chi connectivity index (χ1v) is 8.36. The van der Waals surface area contributed by atoms with Crippen LogP contribution in [0.5, 0.6) is 0 Å². The van der Waals surface area contributed by atoms with E-state index in [0.717, 1.165) is 17.4 Å². The smallest absolute Gasteiger partial charge is 0.354 e. The number of ether oxygens (including phenoxy) is 2. The van der Waals surface area contributed by atoms with Gasteiger partial charge in [0.1, 0.15) is 11.7 Å². The van der Waals surface area contributed by atoms with E-state index in [2.05, 4.69) is 14.8 Å². The molecule has 9 nitrogen and oxygen atoms in total. The largest absolute Gasteiger partial charge is 0.466 e. The van der Waals surface area contributed by atoms with E-state index in [4.69, 9.17) is 0 Å². The van der Waals surface area contributed by atoms with Crippen molar-refractivity contribution in [2.24, 2.45) is 0 Å². The second-order valence-electron chi connectivity index (χ2n) is 6.06. The summed E-state index contributed by atoms with van der Waals surface area (Å²) < 4.78 is 9.16. The van der Waals surface area contributed by atoms with Gasteiger partial charge in [0.15, 0.2) is 0 Å². The Bertz CT molecular complexity index is 812.